The lowest BCUT2D eigenvalue weighted by Crippen LogP contribution is -2.15. The normalized spacial score (nSPS) is 16.4. The highest BCUT2D eigenvalue weighted by molar-refractivity contribution is 6.33. The number of hydrogen-bond acceptors (Lipinski definition) is 2. The Morgan fingerprint density at radius 2 is 1.95 bits per heavy atom. The number of aromatic nitrogens is 3. The fourth-order valence-electron chi connectivity index (χ4n) is 3.03. The Kier molecular flexibility index (Phi) is 3.89. The molecule has 1 saturated carbocycles. The summed E-state index contributed by atoms with van der Waals surface area (Å²) in [6.07, 6.45) is 2.05. The summed E-state index contributed by atoms with van der Waals surface area (Å²) in [5, 5.41) is 0.212. The molecule has 0 amide bonds. The zero-order chi connectivity index (χ0) is 15.9. The van der Waals surface area contributed by atoms with Crippen molar-refractivity contribution in [1.29, 1.82) is 0 Å². The van der Waals surface area contributed by atoms with Crippen LogP contribution >= 0.6 is 11.6 Å². The molecule has 0 saturated heterocycles. The van der Waals surface area contributed by atoms with Gasteiger partial charge < -0.3 is 4.57 Å². The zero-order valence-corrected chi connectivity index (χ0v) is 12.7. The zero-order valence-electron chi connectivity index (χ0n) is 12.0. The maximum absolute atomic E-state index is 13.4. The summed E-state index contributed by atoms with van der Waals surface area (Å²) < 4.78 is 41.9. The molecule has 7 heteroatoms. The molecule has 2 aromatic rings. The molecule has 3 nitrogen and oxygen atoms in total. The van der Waals surface area contributed by atoms with Gasteiger partial charge in [-0.2, -0.15) is 13.2 Å². The Morgan fingerprint density at radius 1 is 1.27 bits per heavy atom. The average molecular weight is 330 g/mol. The number of pyridine rings is 1. The third-order valence-corrected chi connectivity index (χ3v) is 4.39. The second-order valence-corrected chi connectivity index (χ2v) is 6.00. The Morgan fingerprint density at radius 3 is 2.50 bits per heavy atom. The molecule has 0 radical (unpaired) electrons. The molecular formula is C15H15ClF3N3. The Balaban J connectivity index is 2.17. The Hall–Kier alpha value is -1.56. The second-order valence-electron chi connectivity index (χ2n) is 5.60. The van der Waals surface area contributed by atoms with Gasteiger partial charge in [0.25, 0.3) is 0 Å². The molecule has 1 fully saturated rings. The number of halogens is 4. The van der Waals surface area contributed by atoms with E-state index in [1.807, 2.05) is 0 Å². The minimum Gasteiger partial charge on any atom is -0.333 e. The molecule has 0 unspecified atom stereocenters. The van der Waals surface area contributed by atoms with Crippen LogP contribution in [-0.2, 0) is 13.2 Å². The fourth-order valence-corrected chi connectivity index (χ4v) is 3.27. The largest absolute Gasteiger partial charge is 0.433 e. The third-order valence-electron chi connectivity index (χ3n) is 4.10. The molecule has 0 atom stereocenters. The fraction of sp³-hybridized carbons (Fsp3) is 0.467. The van der Waals surface area contributed by atoms with Crippen molar-refractivity contribution in [3.05, 3.63) is 34.7 Å². The number of nitrogens with zero attached hydrogens (tertiary/aromatic N) is 3. The molecule has 2 heterocycles. The Labute approximate surface area is 131 Å². The van der Waals surface area contributed by atoms with Crippen molar-refractivity contribution in [2.45, 2.75) is 37.8 Å². The van der Waals surface area contributed by atoms with E-state index in [0.29, 0.717) is 5.82 Å². The minimum atomic E-state index is -4.50. The van der Waals surface area contributed by atoms with E-state index >= 15 is 0 Å². The topological polar surface area (TPSA) is 30.7 Å². The number of rotatable bonds is 2. The standard InChI is InChI=1S/C15H15ClF3N3/c1-22-7-6-20-14(22)12-11(16)8-10(9-4-2-3-5-9)13(21-12)15(17,18)19/h6-9H,2-5H2,1H3. The van der Waals surface area contributed by atoms with Gasteiger partial charge in [0.05, 0.1) is 5.02 Å². The van der Waals surface area contributed by atoms with Crippen LogP contribution in [0.25, 0.3) is 11.5 Å². The highest BCUT2D eigenvalue weighted by Gasteiger charge is 2.39. The molecule has 0 spiro atoms. The smallest absolute Gasteiger partial charge is 0.333 e. The van der Waals surface area contributed by atoms with E-state index in [1.54, 1.807) is 17.8 Å². The van der Waals surface area contributed by atoms with Crippen LogP contribution in [0.5, 0.6) is 0 Å². The second kappa shape index (κ2) is 5.57. The summed E-state index contributed by atoms with van der Waals surface area (Å²) in [6.45, 7) is 0. The molecule has 3 rings (SSSR count). The molecule has 1 aliphatic rings. The van der Waals surface area contributed by atoms with Gasteiger partial charge in [0.15, 0.2) is 5.82 Å². The SMILES string of the molecule is Cn1ccnc1-c1nc(C(F)(F)F)c(C2CCCC2)cc1Cl. The number of aryl methyl sites for hydroxylation is 1. The first-order valence-corrected chi connectivity index (χ1v) is 7.51. The Bertz CT molecular complexity index is 688. The lowest BCUT2D eigenvalue weighted by molar-refractivity contribution is -0.141. The van der Waals surface area contributed by atoms with E-state index in [-0.39, 0.29) is 22.2 Å². The van der Waals surface area contributed by atoms with E-state index in [2.05, 4.69) is 9.97 Å². The average Bonchev–Trinajstić information content (AvgIpc) is 3.08. The van der Waals surface area contributed by atoms with Crippen molar-refractivity contribution in [1.82, 2.24) is 14.5 Å². The van der Waals surface area contributed by atoms with Crippen molar-refractivity contribution in [3.8, 4) is 11.5 Å². The summed E-state index contributed by atoms with van der Waals surface area (Å²) in [5.41, 5.74) is -0.544. The molecule has 2 aromatic heterocycles. The van der Waals surface area contributed by atoms with Gasteiger partial charge in [-0.15, -0.1) is 0 Å². The van der Waals surface area contributed by atoms with Crippen LogP contribution in [0.4, 0.5) is 13.2 Å². The first-order valence-electron chi connectivity index (χ1n) is 7.13. The predicted molar refractivity (Wildman–Crippen MR) is 77.7 cm³/mol. The van der Waals surface area contributed by atoms with Gasteiger partial charge >= 0.3 is 6.18 Å². The van der Waals surface area contributed by atoms with Crippen molar-refractivity contribution >= 4 is 11.6 Å². The number of hydrogen-bond donors (Lipinski definition) is 0. The van der Waals surface area contributed by atoms with E-state index in [0.717, 1.165) is 25.7 Å². The summed E-state index contributed by atoms with van der Waals surface area (Å²) in [5.74, 6) is 0.213. The van der Waals surface area contributed by atoms with E-state index < -0.39 is 11.9 Å². The van der Waals surface area contributed by atoms with Crippen LogP contribution in [-0.4, -0.2) is 14.5 Å². The van der Waals surface area contributed by atoms with Gasteiger partial charge in [-0.1, -0.05) is 24.4 Å². The van der Waals surface area contributed by atoms with E-state index in [1.165, 1.54) is 12.3 Å². The molecule has 118 valence electrons. The molecule has 0 N–H and O–H groups in total. The van der Waals surface area contributed by atoms with Gasteiger partial charge in [0.2, 0.25) is 0 Å². The van der Waals surface area contributed by atoms with Crippen LogP contribution < -0.4 is 0 Å². The van der Waals surface area contributed by atoms with Crippen molar-refractivity contribution < 1.29 is 13.2 Å². The van der Waals surface area contributed by atoms with Gasteiger partial charge in [0.1, 0.15) is 11.4 Å². The van der Waals surface area contributed by atoms with Crippen LogP contribution in [0.2, 0.25) is 5.02 Å². The van der Waals surface area contributed by atoms with Crippen molar-refractivity contribution in [3.63, 3.8) is 0 Å². The van der Waals surface area contributed by atoms with E-state index in [4.69, 9.17) is 11.6 Å². The minimum absolute atomic E-state index is 0.0724. The highest BCUT2D eigenvalue weighted by atomic mass is 35.5. The van der Waals surface area contributed by atoms with Crippen molar-refractivity contribution in [2.24, 2.45) is 7.05 Å². The van der Waals surface area contributed by atoms with Crippen molar-refractivity contribution in [2.75, 3.05) is 0 Å². The lowest BCUT2D eigenvalue weighted by atomic mass is 9.95. The molecule has 1 aliphatic carbocycles. The summed E-state index contributed by atoms with van der Waals surface area (Å²) in [4.78, 5) is 7.90. The van der Waals surface area contributed by atoms with Crippen LogP contribution in [0.1, 0.15) is 42.9 Å². The lowest BCUT2D eigenvalue weighted by Gasteiger charge is -2.18. The molecule has 22 heavy (non-hydrogen) atoms. The highest BCUT2D eigenvalue weighted by Crippen LogP contribution is 2.43. The first kappa shape index (κ1) is 15.3. The number of imidazole rings is 1. The monoisotopic (exact) mass is 329 g/mol. The molecule has 0 bridgehead atoms. The van der Waals surface area contributed by atoms with Gasteiger partial charge in [0, 0.05) is 19.4 Å². The summed E-state index contributed by atoms with van der Waals surface area (Å²) in [6, 6.07) is 1.43. The number of alkyl halides is 3. The van der Waals surface area contributed by atoms with Gasteiger partial charge in [-0.25, -0.2) is 9.97 Å². The summed E-state index contributed by atoms with van der Waals surface area (Å²) in [7, 11) is 1.69. The maximum atomic E-state index is 13.4. The quantitative estimate of drug-likeness (QED) is 0.791. The first-order chi connectivity index (χ1) is 10.4. The van der Waals surface area contributed by atoms with Crippen LogP contribution in [0.3, 0.4) is 0 Å². The van der Waals surface area contributed by atoms with Gasteiger partial charge in [-0.3, -0.25) is 0 Å². The summed E-state index contributed by atoms with van der Waals surface area (Å²) >= 11 is 6.21. The van der Waals surface area contributed by atoms with Gasteiger partial charge in [-0.05, 0) is 30.4 Å². The predicted octanol–water partition coefficient (Wildman–Crippen LogP) is 4.81. The van der Waals surface area contributed by atoms with E-state index in [9.17, 15) is 13.2 Å². The molecule has 0 aromatic carbocycles. The molecular weight excluding hydrogens is 315 g/mol. The maximum Gasteiger partial charge on any atom is 0.433 e. The van der Waals surface area contributed by atoms with Crippen LogP contribution in [0, 0.1) is 0 Å². The molecule has 0 aliphatic heterocycles. The third kappa shape index (κ3) is 2.72. The van der Waals surface area contributed by atoms with Crippen LogP contribution in [0.15, 0.2) is 18.5 Å².